The van der Waals surface area contributed by atoms with Crippen LogP contribution in [0.5, 0.6) is 0 Å². The number of carbonyl (C=O) groups is 1. The third-order valence-electron chi connectivity index (χ3n) is 4.62. The lowest BCUT2D eigenvalue weighted by atomic mass is 9.59. The molecule has 2 atom stereocenters. The fourth-order valence-corrected chi connectivity index (χ4v) is 3.51. The van der Waals surface area contributed by atoms with E-state index in [2.05, 4.69) is 6.92 Å². The van der Waals surface area contributed by atoms with E-state index >= 15 is 0 Å². The Bertz CT molecular complexity index is 221. The van der Waals surface area contributed by atoms with E-state index in [1.54, 1.807) is 0 Å². The Morgan fingerprint density at radius 3 is 2.53 bits per heavy atom. The van der Waals surface area contributed by atoms with Gasteiger partial charge in [-0.1, -0.05) is 19.8 Å². The molecule has 0 amide bonds. The lowest BCUT2D eigenvalue weighted by Crippen LogP contribution is -2.43. The van der Waals surface area contributed by atoms with E-state index in [9.17, 15) is 4.79 Å². The molecule has 15 heavy (non-hydrogen) atoms. The molecule has 2 heteroatoms. The zero-order chi connectivity index (χ0) is 10.7. The summed E-state index contributed by atoms with van der Waals surface area (Å²) in [7, 11) is 0. The quantitative estimate of drug-likeness (QED) is 0.655. The highest BCUT2D eigenvalue weighted by molar-refractivity contribution is 5.61. The van der Waals surface area contributed by atoms with E-state index in [0.29, 0.717) is 11.8 Å². The Balaban J connectivity index is 2.13. The van der Waals surface area contributed by atoms with E-state index in [1.165, 1.54) is 25.5 Å². The molecule has 0 bridgehead atoms. The smallest absolute Gasteiger partial charge is 0.126 e. The molecule has 1 saturated carbocycles. The minimum atomic E-state index is -0.0119. The summed E-state index contributed by atoms with van der Waals surface area (Å²) in [5.74, 6) is 1.16. The van der Waals surface area contributed by atoms with Crippen LogP contribution in [-0.2, 0) is 9.53 Å². The largest absolute Gasteiger partial charge is 0.381 e. The van der Waals surface area contributed by atoms with Gasteiger partial charge in [-0.2, -0.15) is 0 Å². The first kappa shape index (κ1) is 11.1. The summed E-state index contributed by atoms with van der Waals surface area (Å²) in [6.07, 6.45) is 8.35. The van der Waals surface area contributed by atoms with Gasteiger partial charge in [-0.15, -0.1) is 0 Å². The molecular formula is C13H22O2. The van der Waals surface area contributed by atoms with Gasteiger partial charge >= 0.3 is 0 Å². The highest BCUT2D eigenvalue weighted by atomic mass is 16.5. The van der Waals surface area contributed by atoms with Crippen molar-refractivity contribution in [2.45, 2.75) is 45.4 Å². The predicted octanol–water partition coefficient (Wildman–Crippen LogP) is 2.81. The molecular weight excluding hydrogens is 188 g/mol. The Kier molecular flexibility index (Phi) is 3.45. The van der Waals surface area contributed by atoms with Gasteiger partial charge < -0.3 is 9.53 Å². The summed E-state index contributed by atoms with van der Waals surface area (Å²) in [5.41, 5.74) is -0.0119. The van der Waals surface area contributed by atoms with E-state index < -0.39 is 0 Å². The van der Waals surface area contributed by atoms with Crippen molar-refractivity contribution in [2.24, 2.45) is 17.3 Å². The summed E-state index contributed by atoms with van der Waals surface area (Å²) in [6.45, 7) is 3.98. The van der Waals surface area contributed by atoms with Crippen molar-refractivity contribution >= 4 is 6.29 Å². The Labute approximate surface area is 92.4 Å². The predicted molar refractivity (Wildman–Crippen MR) is 59.7 cm³/mol. The molecule has 2 rings (SSSR count). The normalized spacial score (nSPS) is 38.9. The van der Waals surface area contributed by atoms with Crippen LogP contribution in [0.3, 0.4) is 0 Å². The van der Waals surface area contributed by atoms with Crippen LogP contribution in [0.2, 0.25) is 0 Å². The van der Waals surface area contributed by atoms with Gasteiger partial charge in [0.05, 0.1) is 0 Å². The van der Waals surface area contributed by atoms with Gasteiger partial charge in [-0.05, 0) is 37.5 Å². The van der Waals surface area contributed by atoms with Gasteiger partial charge in [-0.3, -0.25) is 0 Å². The summed E-state index contributed by atoms with van der Waals surface area (Å²) >= 11 is 0. The fourth-order valence-electron chi connectivity index (χ4n) is 3.51. The maximum absolute atomic E-state index is 11.6. The van der Waals surface area contributed by atoms with Crippen molar-refractivity contribution in [3.8, 4) is 0 Å². The minimum absolute atomic E-state index is 0.0119. The molecule has 1 saturated heterocycles. The van der Waals surface area contributed by atoms with Crippen molar-refractivity contribution in [1.29, 1.82) is 0 Å². The highest BCUT2D eigenvalue weighted by Crippen LogP contribution is 2.48. The summed E-state index contributed by atoms with van der Waals surface area (Å²) in [4.78, 5) is 11.6. The first-order chi connectivity index (χ1) is 7.29. The van der Waals surface area contributed by atoms with E-state index in [-0.39, 0.29) is 5.41 Å². The second kappa shape index (κ2) is 4.65. The molecule has 1 aliphatic carbocycles. The lowest BCUT2D eigenvalue weighted by molar-refractivity contribution is -0.128. The Morgan fingerprint density at radius 2 is 1.93 bits per heavy atom. The number of ether oxygens (including phenoxy) is 1. The maximum Gasteiger partial charge on any atom is 0.126 e. The van der Waals surface area contributed by atoms with Gasteiger partial charge in [0, 0.05) is 18.6 Å². The van der Waals surface area contributed by atoms with Gasteiger partial charge in [0.2, 0.25) is 0 Å². The molecule has 0 N–H and O–H groups in total. The lowest BCUT2D eigenvalue weighted by Gasteiger charge is -2.45. The zero-order valence-corrected chi connectivity index (χ0v) is 9.71. The SMILES string of the molecule is CC1CCCCC1(C=O)C1CCOCC1. The molecule has 86 valence electrons. The molecule has 0 aromatic carbocycles. The number of carbonyl (C=O) groups excluding carboxylic acids is 1. The number of rotatable bonds is 2. The van der Waals surface area contributed by atoms with E-state index in [0.717, 1.165) is 32.5 Å². The monoisotopic (exact) mass is 210 g/mol. The van der Waals surface area contributed by atoms with Crippen LogP contribution in [-0.4, -0.2) is 19.5 Å². The summed E-state index contributed by atoms with van der Waals surface area (Å²) < 4.78 is 5.40. The van der Waals surface area contributed by atoms with Crippen LogP contribution in [0.15, 0.2) is 0 Å². The van der Waals surface area contributed by atoms with Gasteiger partial charge in [0.1, 0.15) is 6.29 Å². The molecule has 2 fully saturated rings. The number of hydrogen-bond donors (Lipinski definition) is 0. The van der Waals surface area contributed by atoms with Crippen LogP contribution in [0, 0.1) is 17.3 Å². The Hall–Kier alpha value is -0.370. The highest BCUT2D eigenvalue weighted by Gasteiger charge is 2.44. The van der Waals surface area contributed by atoms with Crippen LogP contribution < -0.4 is 0 Å². The molecule has 0 aromatic rings. The van der Waals surface area contributed by atoms with Gasteiger partial charge in [0.25, 0.3) is 0 Å². The third-order valence-corrected chi connectivity index (χ3v) is 4.62. The molecule has 2 aliphatic rings. The molecule has 2 nitrogen and oxygen atoms in total. The topological polar surface area (TPSA) is 26.3 Å². The number of aldehydes is 1. The third kappa shape index (κ3) is 1.96. The van der Waals surface area contributed by atoms with Crippen molar-refractivity contribution in [3.63, 3.8) is 0 Å². The number of hydrogen-bond acceptors (Lipinski definition) is 2. The van der Waals surface area contributed by atoms with E-state index in [1.807, 2.05) is 0 Å². The van der Waals surface area contributed by atoms with Crippen LogP contribution in [0.4, 0.5) is 0 Å². The standard InChI is InChI=1S/C13H22O2/c1-11-4-2-3-7-13(11,10-14)12-5-8-15-9-6-12/h10-12H,2-9H2,1H3. The second-order valence-electron chi connectivity index (χ2n) is 5.26. The molecule has 2 unspecified atom stereocenters. The average Bonchev–Trinajstić information content (AvgIpc) is 2.31. The molecule has 1 aliphatic heterocycles. The first-order valence-electron chi connectivity index (χ1n) is 6.33. The minimum Gasteiger partial charge on any atom is -0.381 e. The van der Waals surface area contributed by atoms with Crippen molar-refractivity contribution < 1.29 is 9.53 Å². The van der Waals surface area contributed by atoms with Crippen LogP contribution >= 0.6 is 0 Å². The van der Waals surface area contributed by atoms with Crippen LogP contribution in [0.25, 0.3) is 0 Å². The van der Waals surface area contributed by atoms with Gasteiger partial charge in [0.15, 0.2) is 0 Å². The second-order valence-corrected chi connectivity index (χ2v) is 5.26. The summed E-state index contributed by atoms with van der Waals surface area (Å²) in [6, 6.07) is 0. The van der Waals surface area contributed by atoms with E-state index in [4.69, 9.17) is 4.74 Å². The van der Waals surface area contributed by atoms with Crippen LogP contribution in [0.1, 0.15) is 45.4 Å². The van der Waals surface area contributed by atoms with Crippen molar-refractivity contribution in [2.75, 3.05) is 13.2 Å². The molecule has 0 spiro atoms. The molecule has 0 aromatic heterocycles. The average molecular weight is 210 g/mol. The zero-order valence-electron chi connectivity index (χ0n) is 9.71. The van der Waals surface area contributed by atoms with Crippen molar-refractivity contribution in [1.82, 2.24) is 0 Å². The molecule has 0 radical (unpaired) electrons. The first-order valence-corrected chi connectivity index (χ1v) is 6.33. The van der Waals surface area contributed by atoms with Gasteiger partial charge in [-0.25, -0.2) is 0 Å². The Morgan fingerprint density at radius 1 is 1.20 bits per heavy atom. The fraction of sp³-hybridized carbons (Fsp3) is 0.923. The van der Waals surface area contributed by atoms with Crippen molar-refractivity contribution in [3.05, 3.63) is 0 Å². The summed E-state index contributed by atoms with van der Waals surface area (Å²) in [5, 5.41) is 0. The maximum atomic E-state index is 11.6. The molecule has 1 heterocycles.